The summed E-state index contributed by atoms with van der Waals surface area (Å²) in [7, 11) is -1.86. The highest BCUT2D eigenvalue weighted by Gasteiger charge is 2.39. The standard InChI is InChI=1S/C26H30ClN3O4S/c1-16(2)15-35(33,34)28-22-11-12-24(31)30(26(22)18-5-7-19(27)8-6-18)20-9-10-21-17(3)13-25(32)29(4)23(21)14-20/h5-10,13-14,16,22,26,28H,11-12,15H2,1-4H3/t22-,26+/m1/s1. The van der Waals surface area contributed by atoms with Crippen molar-refractivity contribution in [3.8, 4) is 0 Å². The fraction of sp³-hybridized carbons (Fsp3) is 0.385. The number of hydrogen-bond donors (Lipinski definition) is 1. The molecule has 9 heteroatoms. The van der Waals surface area contributed by atoms with Gasteiger partial charge in [0.1, 0.15) is 0 Å². The average Bonchev–Trinajstić information content (AvgIpc) is 2.78. The Morgan fingerprint density at radius 3 is 2.43 bits per heavy atom. The number of halogens is 1. The number of benzene rings is 2. The number of nitrogens with zero attached hydrogens (tertiary/aromatic N) is 2. The molecular formula is C26H30ClN3O4S. The van der Waals surface area contributed by atoms with Crippen LogP contribution in [0.2, 0.25) is 5.02 Å². The van der Waals surface area contributed by atoms with Gasteiger partial charge in [-0.05, 0) is 54.7 Å². The van der Waals surface area contributed by atoms with Gasteiger partial charge in [-0.15, -0.1) is 0 Å². The van der Waals surface area contributed by atoms with Gasteiger partial charge in [-0.25, -0.2) is 13.1 Å². The lowest BCUT2D eigenvalue weighted by atomic mass is 9.90. The first-order valence-electron chi connectivity index (χ1n) is 11.6. The highest BCUT2D eigenvalue weighted by Crippen LogP contribution is 2.38. The minimum absolute atomic E-state index is 0.00213. The number of pyridine rings is 1. The normalized spacial score (nSPS) is 19.0. The predicted octanol–water partition coefficient (Wildman–Crippen LogP) is 4.31. The molecule has 1 aliphatic rings. The number of carbonyl (C=O) groups is 1. The van der Waals surface area contributed by atoms with E-state index in [4.69, 9.17) is 11.6 Å². The van der Waals surface area contributed by atoms with Crippen molar-refractivity contribution in [1.29, 1.82) is 0 Å². The fourth-order valence-electron chi connectivity index (χ4n) is 4.84. The number of hydrogen-bond acceptors (Lipinski definition) is 4. The molecule has 0 unspecified atom stereocenters. The van der Waals surface area contributed by atoms with E-state index >= 15 is 0 Å². The third-order valence-electron chi connectivity index (χ3n) is 6.41. The van der Waals surface area contributed by atoms with E-state index in [9.17, 15) is 18.0 Å². The van der Waals surface area contributed by atoms with Crippen molar-refractivity contribution in [2.75, 3.05) is 10.7 Å². The second-order valence-electron chi connectivity index (χ2n) is 9.62. The first-order chi connectivity index (χ1) is 16.5. The van der Waals surface area contributed by atoms with Gasteiger partial charge >= 0.3 is 0 Å². The van der Waals surface area contributed by atoms with E-state index in [1.54, 1.807) is 34.7 Å². The van der Waals surface area contributed by atoms with Gasteiger partial charge < -0.3 is 9.47 Å². The maximum atomic E-state index is 13.3. The Balaban J connectivity index is 1.86. The SMILES string of the molecule is Cc1cc(=O)n(C)c2cc(N3C(=O)CC[C@@H](NS(=O)(=O)CC(C)C)[C@@H]3c3ccc(Cl)cc3)ccc12. The van der Waals surface area contributed by atoms with Crippen molar-refractivity contribution in [2.45, 2.75) is 45.7 Å². The molecule has 0 aliphatic carbocycles. The van der Waals surface area contributed by atoms with E-state index in [2.05, 4.69) is 4.72 Å². The smallest absolute Gasteiger partial charge is 0.251 e. The molecule has 2 aromatic carbocycles. The van der Waals surface area contributed by atoms with Crippen LogP contribution in [0.25, 0.3) is 10.9 Å². The zero-order chi connectivity index (χ0) is 25.5. The van der Waals surface area contributed by atoms with E-state index in [0.717, 1.165) is 16.5 Å². The Hall–Kier alpha value is -2.68. The summed E-state index contributed by atoms with van der Waals surface area (Å²) in [6.45, 7) is 5.59. The van der Waals surface area contributed by atoms with Crippen molar-refractivity contribution < 1.29 is 13.2 Å². The Labute approximate surface area is 210 Å². The predicted molar refractivity (Wildman–Crippen MR) is 140 cm³/mol. The van der Waals surface area contributed by atoms with Crippen LogP contribution in [-0.4, -0.2) is 30.7 Å². The average molecular weight is 516 g/mol. The van der Waals surface area contributed by atoms with Crippen LogP contribution in [0.5, 0.6) is 0 Å². The van der Waals surface area contributed by atoms with Gasteiger partial charge in [-0.1, -0.05) is 43.6 Å². The first kappa shape index (κ1) is 25.4. The second kappa shape index (κ2) is 9.76. The Morgan fingerprint density at radius 2 is 1.77 bits per heavy atom. The number of carbonyl (C=O) groups excluding carboxylic acids is 1. The van der Waals surface area contributed by atoms with Gasteiger partial charge in [0.25, 0.3) is 5.56 Å². The molecule has 1 aromatic heterocycles. The maximum Gasteiger partial charge on any atom is 0.251 e. The summed E-state index contributed by atoms with van der Waals surface area (Å²) in [6.07, 6.45) is 0.578. The number of aromatic nitrogens is 1. The topological polar surface area (TPSA) is 88.5 Å². The van der Waals surface area contributed by atoms with E-state index in [1.165, 1.54) is 0 Å². The molecule has 0 bridgehead atoms. The minimum atomic E-state index is -3.56. The molecule has 4 rings (SSSR count). The summed E-state index contributed by atoms with van der Waals surface area (Å²) in [4.78, 5) is 27.4. The number of nitrogens with one attached hydrogen (secondary N) is 1. The monoisotopic (exact) mass is 515 g/mol. The Bertz CT molecular complexity index is 1430. The second-order valence-corrected chi connectivity index (χ2v) is 11.9. The van der Waals surface area contributed by atoms with E-state index < -0.39 is 22.1 Å². The van der Waals surface area contributed by atoms with Crippen LogP contribution in [0.3, 0.4) is 0 Å². The quantitative estimate of drug-likeness (QED) is 0.529. The highest BCUT2D eigenvalue weighted by molar-refractivity contribution is 7.89. The summed E-state index contributed by atoms with van der Waals surface area (Å²) >= 11 is 6.12. The largest absolute Gasteiger partial charge is 0.311 e. The molecule has 7 nitrogen and oxygen atoms in total. The summed E-state index contributed by atoms with van der Waals surface area (Å²) in [5, 5.41) is 1.47. The van der Waals surface area contributed by atoms with Crippen LogP contribution in [0.1, 0.15) is 43.9 Å². The molecule has 0 spiro atoms. The van der Waals surface area contributed by atoms with Gasteiger partial charge in [0, 0.05) is 41.7 Å². The molecular weight excluding hydrogens is 486 g/mol. The first-order valence-corrected chi connectivity index (χ1v) is 13.7. The van der Waals surface area contributed by atoms with Crippen LogP contribution < -0.4 is 15.2 Å². The minimum Gasteiger partial charge on any atom is -0.311 e. The number of sulfonamides is 1. The molecule has 1 aliphatic heterocycles. The number of anilines is 1. The van der Waals surface area contributed by atoms with Gasteiger partial charge in [-0.3, -0.25) is 9.59 Å². The van der Waals surface area contributed by atoms with Crippen LogP contribution in [0, 0.1) is 12.8 Å². The summed E-state index contributed by atoms with van der Waals surface area (Å²) in [5.41, 5.74) is 2.81. The number of aryl methyl sites for hydroxylation is 2. The van der Waals surface area contributed by atoms with Crippen molar-refractivity contribution in [1.82, 2.24) is 9.29 Å². The van der Waals surface area contributed by atoms with E-state index in [-0.39, 0.29) is 29.6 Å². The van der Waals surface area contributed by atoms with Crippen LogP contribution in [0.4, 0.5) is 5.69 Å². The number of amides is 1. The summed E-state index contributed by atoms with van der Waals surface area (Å²) in [6, 6.07) is 13.2. The number of fused-ring (bicyclic) bond motifs is 1. The molecule has 1 saturated heterocycles. The van der Waals surface area contributed by atoms with Gasteiger partial charge in [0.05, 0.1) is 17.3 Å². The van der Waals surface area contributed by atoms with Gasteiger partial charge in [0.15, 0.2) is 0 Å². The third kappa shape index (κ3) is 5.29. The van der Waals surface area contributed by atoms with E-state index in [1.807, 2.05) is 51.1 Å². The fourth-order valence-corrected chi connectivity index (χ4v) is 6.65. The molecule has 0 saturated carbocycles. The van der Waals surface area contributed by atoms with Crippen LogP contribution >= 0.6 is 11.6 Å². The zero-order valence-corrected chi connectivity index (χ0v) is 21.9. The van der Waals surface area contributed by atoms with Crippen LogP contribution in [0.15, 0.2) is 53.3 Å². The molecule has 0 radical (unpaired) electrons. The molecule has 2 atom stereocenters. The Morgan fingerprint density at radius 1 is 1.09 bits per heavy atom. The lowest BCUT2D eigenvalue weighted by Crippen LogP contribution is -2.53. The Kier molecular flexibility index (Phi) is 7.09. The molecule has 186 valence electrons. The van der Waals surface area contributed by atoms with Crippen molar-refractivity contribution in [3.05, 3.63) is 75.0 Å². The molecule has 2 heterocycles. The van der Waals surface area contributed by atoms with Crippen molar-refractivity contribution in [2.24, 2.45) is 13.0 Å². The van der Waals surface area contributed by atoms with Crippen molar-refractivity contribution >= 4 is 44.1 Å². The lowest BCUT2D eigenvalue weighted by Gasteiger charge is -2.42. The van der Waals surface area contributed by atoms with Gasteiger partial charge in [-0.2, -0.15) is 0 Å². The summed E-state index contributed by atoms with van der Waals surface area (Å²) in [5.74, 6) is -0.142. The lowest BCUT2D eigenvalue weighted by molar-refractivity contribution is -0.120. The van der Waals surface area contributed by atoms with Gasteiger partial charge in [0.2, 0.25) is 15.9 Å². The van der Waals surface area contributed by atoms with E-state index in [0.29, 0.717) is 22.6 Å². The zero-order valence-electron chi connectivity index (χ0n) is 20.3. The van der Waals surface area contributed by atoms with Crippen LogP contribution in [-0.2, 0) is 21.9 Å². The molecule has 1 amide bonds. The number of piperidine rings is 1. The molecule has 1 fully saturated rings. The molecule has 3 aromatic rings. The number of rotatable bonds is 6. The highest BCUT2D eigenvalue weighted by atomic mass is 35.5. The molecule has 1 N–H and O–H groups in total. The third-order valence-corrected chi connectivity index (χ3v) is 8.43. The van der Waals surface area contributed by atoms with Crippen molar-refractivity contribution in [3.63, 3.8) is 0 Å². The summed E-state index contributed by atoms with van der Waals surface area (Å²) < 4.78 is 30.2. The maximum absolute atomic E-state index is 13.3. The molecule has 35 heavy (non-hydrogen) atoms.